The summed E-state index contributed by atoms with van der Waals surface area (Å²) < 4.78 is 57.6. The fourth-order valence-corrected chi connectivity index (χ4v) is 5.34. The third-order valence-corrected chi connectivity index (χ3v) is 8.34. The number of likely N-dealkylation sites (N-methyl/N-ethyl adjacent to an activating group) is 1. The maximum absolute atomic E-state index is 15.2. The Hall–Kier alpha value is -5.00. The summed E-state index contributed by atoms with van der Waals surface area (Å²) in [6.45, 7) is 0.970. The third kappa shape index (κ3) is 7.37. The number of nitrogens with zero attached hydrogens (tertiary/aromatic N) is 5. The number of nitrogens with one attached hydrogen (secondary N) is 1. The zero-order valence-corrected chi connectivity index (χ0v) is 27.1. The van der Waals surface area contributed by atoms with Gasteiger partial charge in [-0.2, -0.15) is 19.1 Å². The quantitative estimate of drug-likeness (QED) is 0.161. The molecule has 0 aliphatic carbocycles. The second-order valence-corrected chi connectivity index (χ2v) is 11.3. The van der Waals surface area contributed by atoms with Gasteiger partial charge in [-0.1, -0.05) is 24.1 Å². The van der Waals surface area contributed by atoms with Gasteiger partial charge < -0.3 is 19.7 Å². The number of aromatic nitrogens is 2. The van der Waals surface area contributed by atoms with E-state index in [2.05, 4.69) is 10.4 Å². The number of fused-ring (bicyclic) bond motifs is 1. The lowest BCUT2D eigenvalue weighted by atomic mass is 9.99. The van der Waals surface area contributed by atoms with Crippen LogP contribution in [0.4, 0.5) is 24.5 Å². The highest BCUT2D eigenvalue weighted by Crippen LogP contribution is 2.39. The van der Waals surface area contributed by atoms with Crippen molar-refractivity contribution in [1.29, 1.82) is 5.26 Å². The molecule has 0 bridgehead atoms. The molecule has 3 aromatic carbocycles. The van der Waals surface area contributed by atoms with Crippen molar-refractivity contribution in [3.63, 3.8) is 0 Å². The van der Waals surface area contributed by atoms with E-state index in [9.17, 15) is 14.0 Å². The van der Waals surface area contributed by atoms with Gasteiger partial charge in [-0.25, -0.2) is 4.39 Å². The first-order valence-corrected chi connectivity index (χ1v) is 15.4. The lowest BCUT2D eigenvalue weighted by Gasteiger charge is -2.35. The molecular formula is C33H33F3N6O4S. The number of ether oxygens (including phenoxy) is 2. The molecular weight excluding hydrogens is 633 g/mol. The lowest BCUT2D eigenvalue weighted by molar-refractivity contribution is 0.0425. The Morgan fingerprint density at radius 2 is 1.79 bits per heavy atom. The highest BCUT2D eigenvalue weighted by molar-refractivity contribution is 7.96. The van der Waals surface area contributed by atoms with E-state index >= 15 is 8.78 Å². The van der Waals surface area contributed by atoms with Crippen LogP contribution in [0.5, 0.6) is 11.5 Å². The van der Waals surface area contributed by atoms with Crippen molar-refractivity contribution in [2.24, 2.45) is 0 Å². The summed E-state index contributed by atoms with van der Waals surface area (Å²) in [6.07, 6.45) is 4.27. The van der Waals surface area contributed by atoms with E-state index in [0.717, 1.165) is 18.2 Å². The van der Waals surface area contributed by atoms with Crippen LogP contribution in [0.3, 0.4) is 0 Å². The molecule has 0 saturated heterocycles. The predicted octanol–water partition coefficient (Wildman–Crippen LogP) is 6.00. The summed E-state index contributed by atoms with van der Waals surface area (Å²) in [6, 6.07) is 15.1. The first kappa shape index (κ1) is 34.9. The molecule has 10 nitrogen and oxygen atoms in total. The molecule has 4 aromatic rings. The summed E-state index contributed by atoms with van der Waals surface area (Å²) in [5, 5.41) is 16.0. The molecule has 0 fully saturated rings. The molecule has 0 radical (unpaired) electrons. The van der Waals surface area contributed by atoms with Crippen molar-refractivity contribution in [3.8, 4) is 17.6 Å². The van der Waals surface area contributed by atoms with Gasteiger partial charge in [0.1, 0.15) is 23.8 Å². The Bertz CT molecular complexity index is 1780. The molecule has 1 unspecified atom stereocenters. The van der Waals surface area contributed by atoms with Crippen molar-refractivity contribution in [3.05, 3.63) is 101 Å². The Balaban J connectivity index is 0.000000351. The normalized spacial score (nSPS) is 14.1. The Morgan fingerprint density at radius 1 is 1.11 bits per heavy atom. The van der Waals surface area contributed by atoms with Crippen molar-refractivity contribution < 1.29 is 32.2 Å². The van der Waals surface area contributed by atoms with Gasteiger partial charge in [0, 0.05) is 36.0 Å². The van der Waals surface area contributed by atoms with Crippen LogP contribution in [-0.2, 0) is 5.92 Å². The molecule has 1 aliphatic rings. The van der Waals surface area contributed by atoms with E-state index in [-0.39, 0.29) is 28.8 Å². The molecule has 5 rings (SSSR count). The molecule has 1 amide bonds. The van der Waals surface area contributed by atoms with Crippen molar-refractivity contribution in [2.45, 2.75) is 12.0 Å². The van der Waals surface area contributed by atoms with Crippen LogP contribution >= 0.6 is 11.9 Å². The average molecular weight is 667 g/mol. The number of alkyl halides is 2. The van der Waals surface area contributed by atoms with Gasteiger partial charge in [-0.15, -0.1) is 0 Å². The number of halogens is 3. The minimum absolute atomic E-state index is 0.130. The number of hydrogen-bond acceptors (Lipinski definition) is 9. The fourth-order valence-electron chi connectivity index (χ4n) is 5.02. The summed E-state index contributed by atoms with van der Waals surface area (Å²) in [4.78, 5) is 25.3. The van der Waals surface area contributed by atoms with Gasteiger partial charge in [0.15, 0.2) is 11.6 Å². The standard InChI is InChI=1S/C24H26F3N5O2S.C9H7NO2/c1-28-20-12-29-32-18(13-30(2)35-4)14-31(23(33)22(20)32)17-8-5-15(6-9-17)24(26,27)16-7-10-19(25)21(11-16)34-3;1-12-9-3-2-7(6-11)4-8(9)5-10/h5-12,18,28H,13-14H2,1-4H3;2-4,6H,1H3. The van der Waals surface area contributed by atoms with Crippen LogP contribution in [0, 0.1) is 17.1 Å². The number of benzene rings is 3. The van der Waals surface area contributed by atoms with E-state index in [1.54, 1.807) is 46.9 Å². The molecule has 246 valence electrons. The third-order valence-electron chi connectivity index (χ3n) is 7.57. The van der Waals surface area contributed by atoms with E-state index in [1.165, 1.54) is 44.6 Å². The van der Waals surface area contributed by atoms with Gasteiger partial charge in [0.25, 0.3) is 11.8 Å². The second kappa shape index (κ2) is 15.1. The molecule has 2 heterocycles. The topological polar surface area (TPSA) is 113 Å². The smallest absolute Gasteiger partial charge is 0.298 e. The zero-order chi connectivity index (χ0) is 34.3. The number of carbonyl (C=O) groups is 2. The van der Waals surface area contributed by atoms with E-state index in [0.29, 0.717) is 53.3 Å². The van der Waals surface area contributed by atoms with Gasteiger partial charge in [-0.3, -0.25) is 18.6 Å². The lowest BCUT2D eigenvalue weighted by Crippen LogP contribution is -2.46. The molecule has 1 aliphatic heterocycles. The number of methoxy groups -OCH3 is 2. The van der Waals surface area contributed by atoms with Crippen molar-refractivity contribution >= 4 is 35.5 Å². The number of carbonyl (C=O) groups excluding carboxylic acids is 2. The molecule has 0 saturated carbocycles. The minimum atomic E-state index is -3.38. The number of amides is 1. The molecule has 47 heavy (non-hydrogen) atoms. The van der Waals surface area contributed by atoms with E-state index < -0.39 is 11.7 Å². The summed E-state index contributed by atoms with van der Waals surface area (Å²) in [5.74, 6) is -4.13. The van der Waals surface area contributed by atoms with Gasteiger partial charge in [0.05, 0.1) is 44.3 Å². The SMILES string of the molecule is CNc1cnn2c1C(=O)N(c1ccc(C(F)(F)c3ccc(F)c(OC)c3)cc1)CC2CN(C)SC.COc1ccc(C=O)cc1C#N. The monoisotopic (exact) mass is 666 g/mol. The van der Waals surface area contributed by atoms with E-state index in [4.69, 9.17) is 14.7 Å². The van der Waals surface area contributed by atoms with Crippen molar-refractivity contribution in [2.75, 3.05) is 57.9 Å². The van der Waals surface area contributed by atoms with E-state index in [1.807, 2.05) is 23.7 Å². The number of rotatable bonds is 10. The van der Waals surface area contributed by atoms with Crippen LogP contribution < -0.4 is 19.7 Å². The fraction of sp³-hybridized carbons (Fsp3) is 0.273. The summed E-state index contributed by atoms with van der Waals surface area (Å²) >= 11 is 1.57. The summed E-state index contributed by atoms with van der Waals surface area (Å²) in [5.41, 5.74) is 1.71. The maximum Gasteiger partial charge on any atom is 0.298 e. The van der Waals surface area contributed by atoms with Crippen LogP contribution in [0.25, 0.3) is 0 Å². The average Bonchev–Trinajstić information content (AvgIpc) is 3.54. The number of nitriles is 1. The number of hydrogen-bond donors (Lipinski definition) is 1. The van der Waals surface area contributed by atoms with Crippen LogP contribution in [-0.4, -0.2) is 73.9 Å². The zero-order valence-electron chi connectivity index (χ0n) is 26.3. The first-order valence-electron chi connectivity index (χ1n) is 14.2. The highest BCUT2D eigenvalue weighted by Gasteiger charge is 2.37. The van der Waals surface area contributed by atoms with Crippen LogP contribution in [0.1, 0.15) is 43.6 Å². The first-order chi connectivity index (χ1) is 22.5. The molecule has 14 heteroatoms. The van der Waals surface area contributed by atoms with Crippen molar-refractivity contribution in [1.82, 2.24) is 14.1 Å². The van der Waals surface area contributed by atoms with Crippen LogP contribution in [0.2, 0.25) is 0 Å². The predicted molar refractivity (Wildman–Crippen MR) is 174 cm³/mol. The highest BCUT2D eigenvalue weighted by atomic mass is 32.2. The largest absolute Gasteiger partial charge is 0.495 e. The second-order valence-electron chi connectivity index (χ2n) is 10.3. The molecule has 1 atom stereocenters. The Morgan fingerprint density at radius 3 is 2.38 bits per heavy atom. The Labute approximate surface area is 274 Å². The number of aldehydes is 1. The van der Waals surface area contributed by atoms with Crippen LogP contribution in [0.15, 0.2) is 66.9 Å². The number of anilines is 2. The summed E-state index contributed by atoms with van der Waals surface area (Å²) in [7, 11) is 6.38. The molecule has 1 N–H and O–H groups in total. The van der Waals surface area contributed by atoms with Gasteiger partial charge >= 0.3 is 0 Å². The molecule has 0 spiro atoms. The minimum Gasteiger partial charge on any atom is -0.495 e. The maximum atomic E-state index is 15.2. The molecule has 1 aromatic heterocycles. The van der Waals surface area contributed by atoms with Gasteiger partial charge in [0.2, 0.25) is 0 Å². The Kier molecular flexibility index (Phi) is 11.2. The van der Waals surface area contributed by atoms with Gasteiger partial charge in [-0.05, 0) is 61.8 Å².